The molecule has 1 aliphatic rings. The number of benzene rings is 1. The molecule has 1 aliphatic heterocycles. The maximum absolute atomic E-state index is 5.77. The Hall–Kier alpha value is -1.06. The van der Waals surface area contributed by atoms with E-state index in [1.165, 1.54) is 0 Å². The average molecular weight is 222 g/mol. The van der Waals surface area contributed by atoms with Crippen molar-refractivity contribution in [3.8, 4) is 5.75 Å². The molecule has 0 radical (unpaired) electrons. The quantitative estimate of drug-likeness (QED) is 0.786. The molecule has 16 heavy (non-hydrogen) atoms. The highest BCUT2D eigenvalue weighted by Gasteiger charge is 2.32. The molecule has 0 unspecified atom stereocenters. The van der Waals surface area contributed by atoms with Gasteiger partial charge < -0.3 is 14.2 Å². The normalized spacial score (nSPS) is 23.3. The smallest absolute Gasteiger partial charge is 0.163 e. The molecule has 0 N–H and O–H groups in total. The molecule has 3 heteroatoms. The van der Waals surface area contributed by atoms with Crippen molar-refractivity contribution >= 4 is 0 Å². The Labute approximate surface area is 96.3 Å². The average Bonchev–Trinajstić information content (AvgIpc) is 2.59. The molecule has 0 saturated carbocycles. The van der Waals surface area contributed by atoms with Crippen molar-refractivity contribution in [3.63, 3.8) is 0 Å². The molecule has 0 aromatic heterocycles. The van der Waals surface area contributed by atoms with Gasteiger partial charge in [-0.05, 0) is 25.5 Å². The lowest BCUT2D eigenvalue weighted by Crippen LogP contribution is -2.22. The lowest BCUT2D eigenvalue weighted by Gasteiger charge is -2.17. The number of ether oxygens (including phenoxy) is 3. The fourth-order valence-electron chi connectivity index (χ4n) is 1.98. The van der Waals surface area contributed by atoms with Gasteiger partial charge in [-0.25, -0.2) is 0 Å². The highest BCUT2D eigenvalue weighted by molar-refractivity contribution is 5.33. The van der Waals surface area contributed by atoms with E-state index in [9.17, 15) is 0 Å². The summed E-state index contributed by atoms with van der Waals surface area (Å²) in [5.74, 6) is 0.461. The Morgan fingerprint density at radius 3 is 2.75 bits per heavy atom. The van der Waals surface area contributed by atoms with E-state index in [0.717, 1.165) is 17.7 Å². The predicted molar refractivity (Wildman–Crippen MR) is 61.6 cm³/mol. The number of para-hydroxylation sites is 1. The van der Waals surface area contributed by atoms with Crippen molar-refractivity contribution in [1.82, 2.24) is 0 Å². The van der Waals surface area contributed by atoms with Crippen molar-refractivity contribution in [3.05, 3.63) is 29.8 Å². The second kappa shape index (κ2) is 4.44. The first-order valence-corrected chi connectivity index (χ1v) is 5.54. The van der Waals surface area contributed by atoms with Gasteiger partial charge in [0.1, 0.15) is 5.75 Å². The molecule has 0 spiro atoms. The first-order chi connectivity index (χ1) is 7.61. The molecule has 1 heterocycles. The van der Waals surface area contributed by atoms with Crippen LogP contribution in [0.3, 0.4) is 0 Å². The van der Waals surface area contributed by atoms with Crippen LogP contribution in [0.5, 0.6) is 5.75 Å². The molecule has 1 aromatic rings. The van der Waals surface area contributed by atoms with Gasteiger partial charge >= 0.3 is 0 Å². The van der Waals surface area contributed by atoms with Crippen LogP contribution in [-0.2, 0) is 15.9 Å². The lowest BCUT2D eigenvalue weighted by atomic mass is 10.1. The summed E-state index contributed by atoms with van der Waals surface area (Å²) in [6.45, 7) is 4.52. The first kappa shape index (κ1) is 11.4. The van der Waals surface area contributed by atoms with E-state index in [1.54, 1.807) is 7.11 Å². The van der Waals surface area contributed by atoms with Gasteiger partial charge in [0.2, 0.25) is 0 Å². The van der Waals surface area contributed by atoms with E-state index in [2.05, 4.69) is 6.07 Å². The first-order valence-electron chi connectivity index (χ1n) is 5.54. The second-order valence-electron chi connectivity index (χ2n) is 4.47. The Morgan fingerprint density at radius 2 is 2.12 bits per heavy atom. The standard InChI is InChI=1S/C13H18O3/c1-13(2)15-9-11(16-13)8-10-6-4-5-7-12(10)14-3/h4-7,11H,8-9H2,1-3H3/t11-/m1/s1. The molecule has 1 aromatic carbocycles. The van der Waals surface area contributed by atoms with Gasteiger partial charge in [0, 0.05) is 6.42 Å². The summed E-state index contributed by atoms with van der Waals surface area (Å²) in [6, 6.07) is 8.01. The van der Waals surface area contributed by atoms with Crippen LogP contribution in [0.1, 0.15) is 19.4 Å². The Morgan fingerprint density at radius 1 is 1.38 bits per heavy atom. The van der Waals surface area contributed by atoms with Crippen molar-refractivity contribution in [1.29, 1.82) is 0 Å². The van der Waals surface area contributed by atoms with Crippen LogP contribution >= 0.6 is 0 Å². The maximum atomic E-state index is 5.77. The molecule has 2 rings (SSSR count). The minimum Gasteiger partial charge on any atom is -0.496 e. The third-order valence-corrected chi connectivity index (χ3v) is 2.71. The summed E-state index contributed by atoms with van der Waals surface area (Å²) < 4.78 is 16.6. The van der Waals surface area contributed by atoms with E-state index >= 15 is 0 Å². The van der Waals surface area contributed by atoms with E-state index in [0.29, 0.717) is 6.61 Å². The van der Waals surface area contributed by atoms with Crippen molar-refractivity contribution in [2.75, 3.05) is 13.7 Å². The second-order valence-corrected chi connectivity index (χ2v) is 4.47. The number of hydrogen-bond donors (Lipinski definition) is 0. The number of rotatable bonds is 3. The van der Waals surface area contributed by atoms with E-state index < -0.39 is 5.79 Å². The summed E-state index contributed by atoms with van der Waals surface area (Å²) in [5.41, 5.74) is 1.16. The molecule has 0 bridgehead atoms. The lowest BCUT2D eigenvalue weighted by molar-refractivity contribution is -0.138. The van der Waals surface area contributed by atoms with E-state index in [1.807, 2.05) is 32.0 Å². The Bertz CT molecular complexity index is 360. The van der Waals surface area contributed by atoms with Crippen molar-refractivity contribution < 1.29 is 14.2 Å². The number of methoxy groups -OCH3 is 1. The molecule has 1 atom stereocenters. The third kappa shape index (κ3) is 2.54. The maximum Gasteiger partial charge on any atom is 0.163 e. The zero-order valence-electron chi connectivity index (χ0n) is 10.0. The van der Waals surface area contributed by atoms with Crippen LogP contribution < -0.4 is 4.74 Å². The third-order valence-electron chi connectivity index (χ3n) is 2.71. The topological polar surface area (TPSA) is 27.7 Å². The summed E-state index contributed by atoms with van der Waals surface area (Å²) in [7, 11) is 1.69. The molecular weight excluding hydrogens is 204 g/mol. The van der Waals surface area contributed by atoms with E-state index in [4.69, 9.17) is 14.2 Å². The Balaban J connectivity index is 2.04. The largest absolute Gasteiger partial charge is 0.496 e. The predicted octanol–water partition coefficient (Wildman–Crippen LogP) is 2.39. The SMILES string of the molecule is COc1ccccc1C[C@@H]1COC(C)(C)O1. The van der Waals surface area contributed by atoms with Gasteiger partial charge in [-0.2, -0.15) is 0 Å². The molecule has 0 aliphatic carbocycles. The zero-order valence-corrected chi connectivity index (χ0v) is 10.0. The van der Waals surface area contributed by atoms with Crippen LogP contribution in [0.2, 0.25) is 0 Å². The Kier molecular flexibility index (Phi) is 3.17. The molecule has 0 amide bonds. The highest BCUT2D eigenvalue weighted by Crippen LogP contribution is 2.27. The molecule has 3 nitrogen and oxygen atoms in total. The van der Waals surface area contributed by atoms with Gasteiger partial charge in [-0.15, -0.1) is 0 Å². The van der Waals surface area contributed by atoms with Crippen LogP contribution in [0.15, 0.2) is 24.3 Å². The van der Waals surface area contributed by atoms with Gasteiger partial charge in [-0.3, -0.25) is 0 Å². The highest BCUT2D eigenvalue weighted by atomic mass is 16.7. The summed E-state index contributed by atoms with van der Waals surface area (Å²) in [5, 5.41) is 0. The fraction of sp³-hybridized carbons (Fsp3) is 0.538. The van der Waals surface area contributed by atoms with Crippen molar-refractivity contribution in [2.24, 2.45) is 0 Å². The van der Waals surface area contributed by atoms with Gasteiger partial charge in [0.05, 0.1) is 19.8 Å². The van der Waals surface area contributed by atoms with Crippen molar-refractivity contribution in [2.45, 2.75) is 32.2 Å². The molecule has 88 valence electrons. The minimum absolute atomic E-state index is 0.117. The monoisotopic (exact) mass is 222 g/mol. The zero-order chi connectivity index (χ0) is 11.6. The van der Waals surface area contributed by atoms with Crippen LogP contribution in [-0.4, -0.2) is 25.6 Å². The van der Waals surface area contributed by atoms with Gasteiger partial charge in [0.15, 0.2) is 5.79 Å². The summed E-state index contributed by atoms with van der Waals surface area (Å²) in [6.07, 6.45) is 0.944. The molecule has 1 saturated heterocycles. The van der Waals surface area contributed by atoms with E-state index in [-0.39, 0.29) is 6.10 Å². The summed E-state index contributed by atoms with van der Waals surface area (Å²) in [4.78, 5) is 0. The van der Waals surface area contributed by atoms with Gasteiger partial charge in [0.25, 0.3) is 0 Å². The fourth-order valence-corrected chi connectivity index (χ4v) is 1.98. The van der Waals surface area contributed by atoms with Gasteiger partial charge in [-0.1, -0.05) is 18.2 Å². The number of hydrogen-bond acceptors (Lipinski definition) is 3. The molecule has 1 fully saturated rings. The van der Waals surface area contributed by atoms with Crippen LogP contribution in [0.4, 0.5) is 0 Å². The van der Waals surface area contributed by atoms with Crippen LogP contribution in [0, 0.1) is 0 Å². The van der Waals surface area contributed by atoms with Crippen LogP contribution in [0.25, 0.3) is 0 Å². The summed E-state index contributed by atoms with van der Waals surface area (Å²) >= 11 is 0. The molecular formula is C13H18O3. The minimum atomic E-state index is -0.452.